The molecule has 2 unspecified atom stereocenters. The highest BCUT2D eigenvalue weighted by atomic mass is 16.5. The number of aromatic nitrogens is 2. The molecular weight excluding hydrogens is 214 g/mol. The van der Waals surface area contributed by atoms with Gasteiger partial charge < -0.3 is 10.1 Å². The van der Waals surface area contributed by atoms with Gasteiger partial charge in [-0.1, -0.05) is 0 Å². The van der Waals surface area contributed by atoms with Crippen LogP contribution in [0.5, 0.6) is 0 Å². The summed E-state index contributed by atoms with van der Waals surface area (Å²) in [5, 5.41) is 7.81. The first-order valence-electron chi connectivity index (χ1n) is 6.55. The molecule has 0 amide bonds. The molecule has 1 aliphatic heterocycles. The van der Waals surface area contributed by atoms with Crippen LogP contribution in [0.2, 0.25) is 0 Å². The van der Waals surface area contributed by atoms with Crippen molar-refractivity contribution in [1.82, 2.24) is 15.1 Å². The van der Waals surface area contributed by atoms with Crippen LogP contribution in [-0.4, -0.2) is 35.6 Å². The van der Waals surface area contributed by atoms with E-state index in [-0.39, 0.29) is 0 Å². The summed E-state index contributed by atoms with van der Waals surface area (Å²) in [4.78, 5) is 0. The van der Waals surface area contributed by atoms with Crippen LogP contribution in [0.25, 0.3) is 0 Å². The molecule has 0 bridgehead atoms. The summed E-state index contributed by atoms with van der Waals surface area (Å²) < 4.78 is 7.65. The van der Waals surface area contributed by atoms with Crippen LogP contribution in [0.3, 0.4) is 0 Å². The molecule has 2 atom stereocenters. The summed E-state index contributed by atoms with van der Waals surface area (Å²) in [5.74, 6) is 0. The molecule has 1 saturated heterocycles. The van der Waals surface area contributed by atoms with Gasteiger partial charge in [0.1, 0.15) is 0 Å². The molecule has 0 aliphatic carbocycles. The number of hydrogen-bond donors (Lipinski definition) is 1. The SMILES string of the molecule is CNC(Cc1ccn(C)n1)CC1CCCCO1. The Morgan fingerprint density at radius 1 is 1.59 bits per heavy atom. The molecule has 1 aromatic rings. The molecule has 96 valence electrons. The van der Waals surface area contributed by atoms with Crippen molar-refractivity contribution < 1.29 is 4.74 Å². The monoisotopic (exact) mass is 237 g/mol. The second-order valence-electron chi connectivity index (χ2n) is 4.89. The second-order valence-corrected chi connectivity index (χ2v) is 4.89. The molecule has 2 rings (SSSR count). The molecular formula is C13H23N3O. The highest BCUT2D eigenvalue weighted by Crippen LogP contribution is 2.18. The fourth-order valence-electron chi connectivity index (χ4n) is 2.44. The smallest absolute Gasteiger partial charge is 0.0640 e. The van der Waals surface area contributed by atoms with E-state index in [9.17, 15) is 0 Å². The van der Waals surface area contributed by atoms with Crippen molar-refractivity contribution in [3.8, 4) is 0 Å². The molecule has 17 heavy (non-hydrogen) atoms. The first kappa shape index (κ1) is 12.6. The van der Waals surface area contributed by atoms with Gasteiger partial charge in [-0.05, 0) is 38.8 Å². The van der Waals surface area contributed by atoms with E-state index < -0.39 is 0 Å². The summed E-state index contributed by atoms with van der Waals surface area (Å²) >= 11 is 0. The van der Waals surface area contributed by atoms with E-state index in [4.69, 9.17) is 4.74 Å². The first-order valence-corrected chi connectivity index (χ1v) is 6.55. The number of likely N-dealkylation sites (N-methyl/N-ethyl adjacent to an activating group) is 1. The summed E-state index contributed by atoms with van der Waals surface area (Å²) in [6, 6.07) is 2.56. The van der Waals surface area contributed by atoms with Gasteiger partial charge in [0.05, 0.1) is 11.8 Å². The third kappa shape index (κ3) is 3.82. The van der Waals surface area contributed by atoms with Crippen molar-refractivity contribution in [3.63, 3.8) is 0 Å². The minimum Gasteiger partial charge on any atom is -0.378 e. The predicted octanol–water partition coefficient (Wildman–Crippen LogP) is 1.51. The minimum absolute atomic E-state index is 0.435. The Morgan fingerprint density at radius 2 is 2.47 bits per heavy atom. The van der Waals surface area contributed by atoms with Crippen molar-refractivity contribution in [3.05, 3.63) is 18.0 Å². The Balaban J connectivity index is 1.83. The van der Waals surface area contributed by atoms with E-state index in [0.717, 1.165) is 25.1 Å². The highest BCUT2D eigenvalue weighted by Gasteiger charge is 2.19. The second kappa shape index (κ2) is 6.17. The summed E-state index contributed by atoms with van der Waals surface area (Å²) in [6.45, 7) is 0.935. The number of aryl methyl sites for hydroxylation is 1. The van der Waals surface area contributed by atoms with Gasteiger partial charge in [0.2, 0.25) is 0 Å². The molecule has 0 aromatic carbocycles. The molecule has 0 radical (unpaired) electrons. The molecule has 4 nitrogen and oxygen atoms in total. The van der Waals surface area contributed by atoms with Crippen LogP contribution in [0.1, 0.15) is 31.4 Å². The first-order chi connectivity index (χ1) is 8.28. The summed E-state index contributed by atoms with van der Waals surface area (Å²) in [7, 11) is 3.98. The lowest BCUT2D eigenvalue weighted by molar-refractivity contribution is 0.00563. The standard InChI is InChI=1S/C13H23N3O/c1-14-12(9-11-6-7-16(2)15-11)10-13-5-3-4-8-17-13/h6-7,12-14H,3-5,8-10H2,1-2H3. The van der Waals surface area contributed by atoms with Crippen LogP contribution in [-0.2, 0) is 18.2 Å². The van der Waals surface area contributed by atoms with Crippen LogP contribution < -0.4 is 5.32 Å². The largest absolute Gasteiger partial charge is 0.378 e. The van der Waals surface area contributed by atoms with Gasteiger partial charge in [-0.25, -0.2) is 0 Å². The average molecular weight is 237 g/mol. The van der Waals surface area contributed by atoms with E-state index in [1.54, 1.807) is 0 Å². The lowest BCUT2D eigenvalue weighted by atomic mass is 9.99. The van der Waals surface area contributed by atoms with Crippen molar-refractivity contribution in [2.75, 3.05) is 13.7 Å². The molecule has 0 saturated carbocycles. The van der Waals surface area contributed by atoms with Crippen molar-refractivity contribution >= 4 is 0 Å². The Morgan fingerprint density at radius 3 is 3.06 bits per heavy atom. The minimum atomic E-state index is 0.435. The zero-order valence-electron chi connectivity index (χ0n) is 10.9. The van der Waals surface area contributed by atoms with E-state index in [1.807, 2.05) is 25.0 Å². The van der Waals surface area contributed by atoms with Gasteiger partial charge in [0, 0.05) is 32.3 Å². The number of rotatable bonds is 5. The Kier molecular flexibility index (Phi) is 4.57. The summed E-state index contributed by atoms with van der Waals surface area (Å²) in [6.07, 6.45) is 8.25. The third-order valence-corrected chi connectivity index (χ3v) is 3.45. The Hall–Kier alpha value is -0.870. The average Bonchev–Trinajstić information content (AvgIpc) is 2.75. The lowest BCUT2D eigenvalue weighted by Gasteiger charge is -2.26. The van der Waals surface area contributed by atoms with Crippen LogP contribution in [0, 0.1) is 0 Å². The lowest BCUT2D eigenvalue weighted by Crippen LogP contribution is -2.34. The maximum Gasteiger partial charge on any atom is 0.0640 e. The normalized spacial score (nSPS) is 22.6. The van der Waals surface area contributed by atoms with Gasteiger partial charge in [-0.2, -0.15) is 5.10 Å². The molecule has 4 heteroatoms. The number of hydrogen-bond acceptors (Lipinski definition) is 3. The molecule has 1 aliphatic rings. The van der Waals surface area contributed by atoms with Crippen molar-refractivity contribution in [2.24, 2.45) is 7.05 Å². The predicted molar refractivity (Wildman–Crippen MR) is 68.0 cm³/mol. The van der Waals surface area contributed by atoms with E-state index in [1.165, 1.54) is 19.3 Å². The molecule has 2 heterocycles. The molecule has 1 N–H and O–H groups in total. The van der Waals surface area contributed by atoms with Crippen LogP contribution in [0.4, 0.5) is 0 Å². The Bertz CT molecular complexity index is 331. The van der Waals surface area contributed by atoms with Crippen LogP contribution >= 0.6 is 0 Å². The van der Waals surface area contributed by atoms with Gasteiger partial charge in [0.25, 0.3) is 0 Å². The molecule has 1 fully saturated rings. The van der Waals surface area contributed by atoms with Gasteiger partial charge >= 0.3 is 0 Å². The van der Waals surface area contributed by atoms with E-state index in [0.29, 0.717) is 12.1 Å². The fraction of sp³-hybridized carbons (Fsp3) is 0.769. The fourth-order valence-corrected chi connectivity index (χ4v) is 2.44. The topological polar surface area (TPSA) is 39.1 Å². The zero-order valence-corrected chi connectivity index (χ0v) is 10.9. The maximum absolute atomic E-state index is 5.79. The number of nitrogens with one attached hydrogen (secondary N) is 1. The van der Waals surface area contributed by atoms with E-state index in [2.05, 4.69) is 16.5 Å². The van der Waals surface area contributed by atoms with Crippen LogP contribution in [0.15, 0.2) is 12.3 Å². The van der Waals surface area contributed by atoms with E-state index >= 15 is 0 Å². The van der Waals surface area contributed by atoms with Crippen molar-refractivity contribution in [2.45, 2.75) is 44.2 Å². The van der Waals surface area contributed by atoms with Gasteiger partial charge in [0.15, 0.2) is 0 Å². The third-order valence-electron chi connectivity index (χ3n) is 3.45. The van der Waals surface area contributed by atoms with Gasteiger partial charge in [-0.15, -0.1) is 0 Å². The quantitative estimate of drug-likeness (QED) is 0.843. The maximum atomic E-state index is 5.79. The van der Waals surface area contributed by atoms with Crippen molar-refractivity contribution in [1.29, 1.82) is 0 Å². The molecule has 1 aromatic heterocycles. The zero-order chi connectivity index (χ0) is 12.1. The highest BCUT2D eigenvalue weighted by molar-refractivity contribution is 5.01. The van der Waals surface area contributed by atoms with Gasteiger partial charge in [-0.3, -0.25) is 4.68 Å². The number of nitrogens with zero attached hydrogens (tertiary/aromatic N) is 2. The summed E-state index contributed by atoms with van der Waals surface area (Å²) in [5.41, 5.74) is 1.16. The molecule has 0 spiro atoms. The number of ether oxygens (including phenoxy) is 1. The Labute approximate surface area is 103 Å².